The third kappa shape index (κ3) is 3.00. The summed E-state index contributed by atoms with van der Waals surface area (Å²) in [5.74, 6) is 0.229. The fourth-order valence-electron chi connectivity index (χ4n) is 2.37. The molecule has 20 heavy (non-hydrogen) atoms. The molecule has 7 nitrogen and oxygen atoms in total. The van der Waals surface area contributed by atoms with Crippen LogP contribution < -0.4 is 9.64 Å². The molecule has 1 N–H and O–H groups in total. The lowest BCUT2D eigenvalue weighted by Gasteiger charge is -2.37. The first-order valence-electron chi connectivity index (χ1n) is 6.38. The van der Waals surface area contributed by atoms with Gasteiger partial charge in [-0.3, -0.25) is 10.1 Å². The fourth-order valence-corrected chi connectivity index (χ4v) is 2.37. The number of nitro benzene ring substituents is 1. The Balaban J connectivity index is 2.26. The highest BCUT2D eigenvalue weighted by molar-refractivity contribution is 5.59. The summed E-state index contributed by atoms with van der Waals surface area (Å²) in [6, 6.07) is 4.76. The fraction of sp³-hybridized carbons (Fsp3) is 0.538. The van der Waals surface area contributed by atoms with Gasteiger partial charge in [0.05, 0.1) is 30.8 Å². The summed E-state index contributed by atoms with van der Waals surface area (Å²) in [6.45, 7) is 3.08. The molecule has 2 unspecified atom stereocenters. The van der Waals surface area contributed by atoms with Gasteiger partial charge < -0.3 is 19.5 Å². The van der Waals surface area contributed by atoms with Gasteiger partial charge in [0.15, 0.2) is 5.75 Å². The number of morpholine rings is 1. The lowest BCUT2D eigenvalue weighted by molar-refractivity contribution is -0.385. The van der Waals surface area contributed by atoms with Crippen LogP contribution in [-0.4, -0.2) is 49.0 Å². The smallest absolute Gasteiger partial charge is 0.311 e. The van der Waals surface area contributed by atoms with Gasteiger partial charge in [-0.25, -0.2) is 0 Å². The number of anilines is 1. The predicted octanol–water partition coefficient (Wildman–Crippen LogP) is 1.19. The molecule has 0 bridgehead atoms. The number of benzene rings is 1. The molecule has 0 saturated carbocycles. The molecule has 1 heterocycles. The molecular weight excluding hydrogens is 264 g/mol. The standard InChI is InChI=1S/C13H18N2O5/c1-9-6-14(7-11(8-16)20-9)10-3-4-12(15(17)18)13(5-10)19-2/h3-5,9,11,16H,6-8H2,1-2H3. The van der Waals surface area contributed by atoms with E-state index in [1.54, 1.807) is 12.1 Å². The van der Waals surface area contributed by atoms with Crippen LogP contribution in [0.3, 0.4) is 0 Å². The van der Waals surface area contributed by atoms with Gasteiger partial charge in [0.1, 0.15) is 0 Å². The van der Waals surface area contributed by atoms with Crippen molar-refractivity contribution in [3.05, 3.63) is 28.3 Å². The first-order chi connectivity index (χ1) is 9.55. The summed E-state index contributed by atoms with van der Waals surface area (Å²) in [4.78, 5) is 12.4. The molecule has 7 heteroatoms. The molecule has 0 spiro atoms. The van der Waals surface area contributed by atoms with Gasteiger partial charge in [0.25, 0.3) is 0 Å². The Morgan fingerprint density at radius 1 is 1.55 bits per heavy atom. The average molecular weight is 282 g/mol. The molecule has 1 aliphatic rings. The highest BCUT2D eigenvalue weighted by atomic mass is 16.6. The molecule has 1 fully saturated rings. The summed E-state index contributed by atoms with van der Waals surface area (Å²) in [6.07, 6.45) is -0.262. The van der Waals surface area contributed by atoms with E-state index in [4.69, 9.17) is 9.47 Å². The van der Waals surface area contributed by atoms with Gasteiger partial charge in [-0.2, -0.15) is 0 Å². The van der Waals surface area contributed by atoms with Gasteiger partial charge in [0.2, 0.25) is 0 Å². The van der Waals surface area contributed by atoms with Crippen molar-refractivity contribution in [3.63, 3.8) is 0 Å². The first kappa shape index (κ1) is 14.5. The number of ether oxygens (including phenoxy) is 2. The Hall–Kier alpha value is -1.86. The van der Waals surface area contributed by atoms with Crippen LogP contribution in [0, 0.1) is 10.1 Å². The van der Waals surface area contributed by atoms with Crippen molar-refractivity contribution in [1.29, 1.82) is 0 Å². The Morgan fingerprint density at radius 2 is 2.30 bits per heavy atom. The molecule has 0 aromatic heterocycles. The van der Waals surface area contributed by atoms with Crippen molar-refractivity contribution < 1.29 is 19.5 Å². The van der Waals surface area contributed by atoms with Crippen LogP contribution in [-0.2, 0) is 4.74 Å². The van der Waals surface area contributed by atoms with E-state index in [0.29, 0.717) is 13.1 Å². The van der Waals surface area contributed by atoms with Crippen LogP contribution in [0.4, 0.5) is 11.4 Å². The number of hydrogen-bond acceptors (Lipinski definition) is 6. The molecule has 1 aromatic carbocycles. The Bertz CT molecular complexity index is 494. The highest BCUT2D eigenvalue weighted by Gasteiger charge is 2.26. The van der Waals surface area contributed by atoms with E-state index >= 15 is 0 Å². The third-order valence-electron chi connectivity index (χ3n) is 3.26. The van der Waals surface area contributed by atoms with Crippen molar-refractivity contribution in [2.75, 3.05) is 31.7 Å². The first-order valence-corrected chi connectivity index (χ1v) is 6.38. The summed E-state index contributed by atoms with van der Waals surface area (Å²) in [7, 11) is 1.41. The van der Waals surface area contributed by atoms with E-state index in [2.05, 4.69) is 0 Å². The second kappa shape index (κ2) is 6.06. The number of nitro groups is 1. The van der Waals surface area contributed by atoms with Crippen LogP contribution >= 0.6 is 0 Å². The number of hydrogen-bond donors (Lipinski definition) is 1. The summed E-state index contributed by atoms with van der Waals surface area (Å²) < 4.78 is 10.6. The Morgan fingerprint density at radius 3 is 2.90 bits per heavy atom. The van der Waals surface area contributed by atoms with Crippen LogP contribution in [0.5, 0.6) is 5.75 Å². The maximum Gasteiger partial charge on any atom is 0.311 e. The van der Waals surface area contributed by atoms with Crippen LogP contribution in [0.25, 0.3) is 0 Å². The lowest BCUT2D eigenvalue weighted by Crippen LogP contribution is -2.48. The summed E-state index contributed by atoms with van der Waals surface area (Å²) >= 11 is 0. The zero-order valence-corrected chi connectivity index (χ0v) is 11.5. The van der Waals surface area contributed by atoms with Gasteiger partial charge in [-0.1, -0.05) is 0 Å². The van der Waals surface area contributed by atoms with Crippen molar-refractivity contribution in [3.8, 4) is 5.75 Å². The Kier molecular flexibility index (Phi) is 4.41. The van der Waals surface area contributed by atoms with Crippen molar-refractivity contribution in [1.82, 2.24) is 0 Å². The second-order valence-electron chi connectivity index (χ2n) is 4.77. The molecule has 1 aromatic rings. The van der Waals surface area contributed by atoms with Gasteiger partial charge in [-0.15, -0.1) is 0 Å². The predicted molar refractivity (Wildman–Crippen MR) is 73.3 cm³/mol. The van der Waals surface area contributed by atoms with Gasteiger partial charge in [-0.05, 0) is 13.0 Å². The highest BCUT2D eigenvalue weighted by Crippen LogP contribution is 2.32. The molecule has 0 amide bonds. The zero-order valence-electron chi connectivity index (χ0n) is 11.5. The van der Waals surface area contributed by atoms with Crippen LogP contribution in [0.1, 0.15) is 6.92 Å². The maximum absolute atomic E-state index is 10.9. The molecule has 2 rings (SSSR count). The number of nitrogens with zero attached hydrogens (tertiary/aromatic N) is 2. The normalized spacial score (nSPS) is 22.6. The SMILES string of the molecule is COc1cc(N2CC(C)OC(CO)C2)ccc1[N+](=O)[O-]. The summed E-state index contributed by atoms with van der Waals surface area (Å²) in [5.41, 5.74) is 0.761. The van der Waals surface area contributed by atoms with E-state index in [1.807, 2.05) is 11.8 Å². The van der Waals surface area contributed by atoms with E-state index in [9.17, 15) is 15.2 Å². The van der Waals surface area contributed by atoms with Gasteiger partial charge >= 0.3 is 5.69 Å². The lowest BCUT2D eigenvalue weighted by atomic mass is 10.1. The van der Waals surface area contributed by atoms with Crippen molar-refractivity contribution in [2.24, 2.45) is 0 Å². The number of aliphatic hydroxyl groups is 1. The molecule has 2 atom stereocenters. The number of methoxy groups -OCH3 is 1. The molecular formula is C13H18N2O5. The van der Waals surface area contributed by atoms with E-state index in [-0.39, 0.29) is 30.3 Å². The largest absolute Gasteiger partial charge is 0.490 e. The minimum absolute atomic E-state index is 0.0120. The van der Waals surface area contributed by atoms with E-state index in [1.165, 1.54) is 13.2 Å². The molecule has 0 radical (unpaired) electrons. The third-order valence-corrected chi connectivity index (χ3v) is 3.26. The van der Waals surface area contributed by atoms with E-state index < -0.39 is 4.92 Å². The maximum atomic E-state index is 10.9. The molecule has 1 saturated heterocycles. The monoisotopic (exact) mass is 282 g/mol. The molecule has 110 valence electrons. The van der Waals surface area contributed by atoms with Crippen molar-refractivity contribution in [2.45, 2.75) is 19.1 Å². The summed E-state index contributed by atoms with van der Waals surface area (Å²) in [5, 5.41) is 20.1. The quantitative estimate of drug-likeness (QED) is 0.659. The van der Waals surface area contributed by atoms with Crippen molar-refractivity contribution >= 4 is 11.4 Å². The number of aliphatic hydroxyl groups excluding tert-OH is 1. The minimum atomic E-state index is -0.471. The van der Waals surface area contributed by atoms with Crippen LogP contribution in [0.15, 0.2) is 18.2 Å². The zero-order chi connectivity index (χ0) is 14.7. The average Bonchev–Trinajstić information content (AvgIpc) is 2.45. The van der Waals surface area contributed by atoms with Crippen LogP contribution in [0.2, 0.25) is 0 Å². The molecule has 0 aliphatic carbocycles. The number of rotatable bonds is 4. The van der Waals surface area contributed by atoms with E-state index in [0.717, 1.165) is 5.69 Å². The second-order valence-corrected chi connectivity index (χ2v) is 4.77. The van der Waals surface area contributed by atoms with Gasteiger partial charge in [0, 0.05) is 30.9 Å². The molecule has 1 aliphatic heterocycles. The minimum Gasteiger partial charge on any atom is -0.490 e. The Labute approximate surface area is 116 Å². The topological polar surface area (TPSA) is 85.1 Å².